The summed E-state index contributed by atoms with van der Waals surface area (Å²) < 4.78 is 34.1. The Kier molecular flexibility index (Phi) is 10.1. The maximum absolute atomic E-state index is 13.5. The van der Waals surface area contributed by atoms with Crippen LogP contribution in [0.4, 0.5) is 5.69 Å². The number of anilines is 1. The number of thioether (sulfide) groups is 1. The van der Waals surface area contributed by atoms with Gasteiger partial charge in [-0.25, -0.2) is 13.6 Å². The Morgan fingerprint density at radius 2 is 1.78 bits per heavy atom. The molecule has 1 fully saturated rings. The first-order valence-electron chi connectivity index (χ1n) is 13.0. The van der Waals surface area contributed by atoms with E-state index < -0.39 is 15.9 Å². The molecule has 1 aromatic heterocycles. The molecule has 0 radical (unpaired) electrons. The fourth-order valence-corrected chi connectivity index (χ4v) is 5.69. The van der Waals surface area contributed by atoms with Gasteiger partial charge in [0.2, 0.25) is 10.0 Å². The van der Waals surface area contributed by atoms with Crippen LogP contribution in [-0.4, -0.2) is 43.1 Å². The van der Waals surface area contributed by atoms with Crippen molar-refractivity contribution in [2.24, 2.45) is 15.3 Å². The highest BCUT2D eigenvalue weighted by Crippen LogP contribution is 2.36. The van der Waals surface area contributed by atoms with Gasteiger partial charge in [0.1, 0.15) is 11.5 Å². The smallest absolute Gasteiger partial charge is 0.267 e. The Morgan fingerprint density at radius 1 is 1.04 bits per heavy atom. The normalized spacial score (nSPS) is 15.4. The third-order valence-corrected chi connectivity index (χ3v) is 8.50. The monoisotopic (exact) mass is 683 g/mol. The molecule has 45 heavy (non-hydrogen) atoms. The maximum atomic E-state index is 13.5. The van der Waals surface area contributed by atoms with Gasteiger partial charge in [-0.2, -0.15) is 5.10 Å². The lowest BCUT2D eigenvalue weighted by atomic mass is 10.2. The van der Waals surface area contributed by atoms with Crippen molar-refractivity contribution in [2.75, 3.05) is 11.9 Å². The molecule has 1 aliphatic heterocycles. The summed E-state index contributed by atoms with van der Waals surface area (Å²) in [6.45, 7) is -0.255. The number of amidine groups is 1. The van der Waals surface area contributed by atoms with Crippen LogP contribution in [0.1, 0.15) is 16.9 Å². The van der Waals surface area contributed by atoms with E-state index in [9.17, 15) is 18.0 Å². The number of furan rings is 1. The number of hydrogen-bond acceptors (Lipinski definition) is 9. The minimum absolute atomic E-state index is 0.0841. The standard InChI is InChI=1S/C30H23Cl2N5O6S2/c31-21-5-3-19(4-6-21)16-34-36-30-37(17-24-2-1-13-42-24)29(39)27(44-30)15-20-14-22(32)7-12-26(20)43-18-28(38)35-23-8-10-25(11-9-23)45(33,40)41/h1-16H,17-18H2,(H,35,38)(H2,33,40,41)/b27-15-,34-16-,36-30+. The third-order valence-electron chi connectivity index (χ3n) is 6.09. The number of amides is 2. The van der Waals surface area contributed by atoms with E-state index in [-0.39, 0.29) is 24.0 Å². The average Bonchev–Trinajstić information content (AvgIpc) is 3.62. The van der Waals surface area contributed by atoms with Gasteiger partial charge < -0.3 is 14.5 Å². The van der Waals surface area contributed by atoms with Gasteiger partial charge in [-0.05, 0) is 90.1 Å². The predicted molar refractivity (Wildman–Crippen MR) is 175 cm³/mol. The number of sulfonamides is 1. The summed E-state index contributed by atoms with van der Waals surface area (Å²) in [4.78, 5) is 27.8. The van der Waals surface area contributed by atoms with E-state index in [0.29, 0.717) is 42.9 Å². The highest BCUT2D eigenvalue weighted by Gasteiger charge is 2.34. The Morgan fingerprint density at radius 3 is 2.47 bits per heavy atom. The number of carbonyl (C=O) groups excluding carboxylic acids is 2. The Labute approximate surface area is 272 Å². The Balaban J connectivity index is 1.34. The average molecular weight is 685 g/mol. The summed E-state index contributed by atoms with van der Waals surface area (Å²) in [5, 5.41) is 17.5. The fourth-order valence-electron chi connectivity index (χ4n) is 3.95. The van der Waals surface area contributed by atoms with Crippen LogP contribution in [0.25, 0.3) is 6.08 Å². The molecule has 230 valence electrons. The summed E-state index contributed by atoms with van der Waals surface area (Å²) in [5.41, 5.74) is 1.58. The van der Waals surface area contributed by atoms with Gasteiger partial charge in [0.05, 0.1) is 28.8 Å². The van der Waals surface area contributed by atoms with Gasteiger partial charge in [-0.3, -0.25) is 14.5 Å². The number of nitrogens with one attached hydrogen (secondary N) is 1. The molecular formula is C30H23Cl2N5O6S2. The summed E-state index contributed by atoms with van der Waals surface area (Å²) in [6, 6.07) is 20.7. The second-order valence-electron chi connectivity index (χ2n) is 9.35. The molecule has 2 amide bonds. The van der Waals surface area contributed by atoms with Gasteiger partial charge >= 0.3 is 0 Å². The number of nitrogens with two attached hydrogens (primary N) is 1. The van der Waals surface area contributed by atoms with Crippen molar-refractivity contribution in [1.29, 1.82) is 0 Å². The van der Waals surface area contributed by atoms with Crippen LogP contribution < -0.4 is 15.2 Å². The second-order valence-corrected chi connectivity index (χ2v) is 12.8. The van der Waals surface area contributed by atoms with Crippen molar-refractivity contribution < 1.29 is 27.2 Å². The largest absolute Gasteiger partial charge is 0.483 e. The third kappa shape index (κ3) is 8.62. The van der Waals surface area contributed by atoms with E-state index in [0.717, 1.165) is 17.3 Å². The van der Waals surface area contributed by atoms with E-state index in [2.05, 4.69) is 15.5 Å². The number of primary sulfonamides is 1. The molecule has 0 unspecified atom stereocenters. The lowest BCUT2D eigenvalue weighted by Crippen LogP contribution is -2.28. The van der Waals surface area contributed by atoms with E-state index in [1.54, 1.807) is 66.9 Å². The molecule has 0 aliphatic carbocycles. The predicted octanol–water partition coefficient (Wildman–Crippen LogP) is 5.76. The first-order chi connectivity index (χ1) is 21.5. The highest BCUT2D eigenvalue weighted by molar-refractivity contribution is 8.18. The SMILES string of the molecule is NS(=O)(=O)c1ccc(NC(=O)COc2ccc(Cl)cc2/C=C2\S/C(=N/N=C\c3ccc(Cl)cc3)N(Cc3ccco3)C2=O)cc1. The molecule has 0 spiro atoms. The Bertz CT molecular complexity index is 1910. The quantitative estimate of drug-likeness (QED) is 0.122. The molecule has 3 aromatic carbocycles. The number of carbonyl (C=O) groups is 2. The van der Waals surface area contributed by atoms with Gasteiger partial charge in [0.15, 0.2) is 11.8 Å². The van der Waals surface area contributed by atoms with E-state index in [1.165, 1.54) is 35.4 Å². The van der Waals surface area contributed by atoms with Gasteiger partial charge in [0, 0.05) is 21.3 Å². The Hall–Kier alpha value is -4.40. The summed E-state index contributed by atoms with van der Waals surface area (Å²) in [6.07, 6.45) is 4.66. The van der Waals surface area contributed by atoms with Crippen LogP contribution in [0, 0.1) is 0 Å². The number of ether oxygens (including phenoxy) is 1. The second kappa shape index (κ2) is 14.1. The highest BCUT2D eigenvalue weighted by atomic mass is 35.5. The van der Waals surface area contributed by atoms with Crippen LogP contribution in [0.5, 0.6) is 5.75 Å². The molecule has 4 aromatic rings. The number of hydrogen-bond donors (Lipinski definition) is 2. The fraction of sp³-hybridized carbons (Fsp3) is 0.0667. The maximum Gasteiger partial charge on any atom is 0.267 e. The molecule has 0 bridgehead atoms. The molecule has 15 heteroatoms. The molecule has 11 nitrogen and oxygen atoms in total. The van der Waals surface area contributed by atoms with Crippen molar-refractivity contribution in [3.05, 3.63) is 117 Å². The van der Waals surface area contributed by atoms with Crippen molar-refractivity contribution in [3.63, 3.8) is 0 Å². The molecule has 2 heterocycles. The molecule has 0 saturated carbocycles. The molecule has 5 rings (SSSR count). The van der Waals surface area contributed by atoms with Gasteiger partial charge in [-0.1, -0.05) is 35.3 Å². The number of nitrogens with zero attached hydrogens (tertiary/aromatic N) is 3. The first kappa shape index (κ1) is 32.0. The van der Waals surface area contributed by atoms with Crippen LogP contribution >= 0.6 is 35.0 Å². The van der Waals surface area contributed by atoms with Gasteiger partial charge in [-0.15, -0.1) is 5.10 Å². The minimum atomic E-state index is -3.86. The first-order valence-corrected chi connectivity index (χ1v) is 16.1. The molecular weight excluding hydrogens is 661 g/mol. The summed E-state index contributed by atoms with van der Waals surface area (Å²) >= 11 is 13.3. The van der Waals surface area contributed by atoms with Crippen LogP contribution in [0.3, 0.4) is 0 Å². The van der Waals surface area contributed by atoms with Crippen molar-refractivity contribution >= 4 is 79.9 Å². The molecule has 1 saturated heterocycles. The lowest BCUT2D eigenvalue weighted by Gasteiger charge is -2.13. The minimum Gasteiger partial charge on any atom is -0.483 e. The van der Waals surface area contributed by atoms with Crippen LogP contribution in [0.2, 0.25) is 10.0 Å². The van der Waals surface area contributed by atoms with Crippen molar-refractivity contribution in [2.45, 2.75) is 11.4 Å². The van der Waals surface area contributed by atoms with E-state index in [4.69, 9.17) is 37.5 Å². The van der Waals surface area contributed by atoms with Crippen LogP contribution in [0.15, 0.2) is 110 Å². The number of benzene rings is 3. The van der Waals surface area contributed by atoms with Crippen molar-refractivity contribution in [3.8, 4) is 5.75 Å². The lowest BCUT2D eigenvalue weighted by molar-refractivity contribution is -0.122. The molecule has 0 atom stereocenters. The van der Waals surface area contributed by atoms with E-state index in [1.807, 2.05) is 0 Å². The van der Waals surface area contributed by atoms with Crippen LogP contribution in [-0.2, 0) is 26.2 Å². The topological polar surface area (TPSA) is 157 Å². The summed E-state index contributed by atoms with van der Waals surface area (Å²) in [5.74, 6) is -0.000288. The molecule has 1 aliphatic rings. The molecule has 3 N–H and O–H groups in total. The van der Waals surface area contributed by atoms with E-state index >= 15 is 0 Å². The van der Waals surface area contributed by atoms with Crippen molar-refractivity contribution in [1.82, 2.24) is 4.90 Å². The zero-order chi connectivity index (χ0) is 32.0. The zero-order valence-corrected chi connectivity index (χ0v) is 26.2. The number of halogens is 2. The van der Waals surface area contributed by atoms with Gasteiger partial charge in [0.25, 0.3) is 11.8 Å². The number of rotatable bonds is 10. The zero-order valence-electron chi connectivity index (χ0n) is 23.1. The summed E-state index contributed by atoms with van der Waals surface area (Å²) in [7, 11) is -3.86.